The van der Waals surface area contributed by atoms with Gasteiger partial charge in [-0.15, -0.1) is 0 Å². The summed E-state index contributed by atoms with van der Waals surface area (Å²) >= 11 is 0. The SMILES string of the molecule is Cc1nc(-c2ccc(C(C)(C)C)cc2)c(N)n1C(C)C. The van der Waals surface area contributed by atoms with Crippen molar-refractivity contribution >= 4 is 5.82 Å². The van der Waals surface area contributed by atoms with Crippen molar-refractivity contribution in [3.8, 4) is 11.3 Å². The van der Waals surface area contributed by atoms with Crippen LogP contribution in [0.2, 0.25) is 0 Å². The van der Waals surface area contributed by atoms with Crippen molar-refractivity contribution in [3.05, 3.63) is 35.7 Å². The molecule has 1 heterocycles. The van der Waals surface area contributed by atoms with Crippen LogP contribution in [0.5, 0.6) is 0 Å². The van der Waals surface area contributed by atoms with Gasteiger partial charge < -0.3 is 10.3 Å². The van der Waals surface area contributed by atoms with Crippen LogP contribution in [0.15, 0.2) is 24.3 Å². The van der Waals surface area contributed by atoms with Crippen molar-refractivity contribution < 1.29 is 0 Å². The molecule has 2 aromatic rings. The van der Waals surface area contributed by atoms with Gasteiger partial charge >= 0.3 is 0 Å². The van der Waals surface area contributed by atoms with E-state index in [1.807, 2.05) is 6.92 Å². The molecule has 2 N–H and O–H groups in total. The van der Waals surface area contributed by atoms with E-state index in [0.29, 0.717) is 6.04 Å². The van der Waals surface area contributed by atoms with Crippen molar-refractivity contribution in [1.82, 2.24) is 9.55 Å². The van der Waals surface area contributed by atoms with Crippen molar-refractivity contribution in [2.75, 3.05) is 5.73 Å². The number of rotatable bonds is 2. The molecule has 20 heavy (non-hydrogen) atoms. The van der Waals surface area contributed by atoms with Gasteiger partial charge in [-0.3, -0.25) is 0 Å². The number of anilines is 1. The number of aromatic nitrogens is 2. The van der Waals surface area contributed by atoms with Crippen LogP contribution in [0.4, 0.5) is 5.82 Å². The second kappa shape index (κ2) is 4.97. The normalized spacial score (nSPS) is 12.2. The predicted molar refractivity (Wildman–Crippen MR) is 85.9 cm³/mol. The highest BCUT2D eigenvalue weighted by Crippen LogP contribution is 2.30. The number of imidazole rings is 1. The van der Waals surface area contributed by atoms with Crippen molar-refractivity contribution in [1.29, 1.82) is 0 Å². The van der Waals surface area contributed by atoms with Gasteiger partial charge in [0.2, 0.25) is 0 Å². The number of aryl methyl sites for hydroxylation is 1. The molecule has 0 unspecified atom stereocenters. The van der Waals surface area contributed by atoms with Crippen LogP contribution in [0, 0.1) is 6.92 Å². The number of nitrogens with two attached hydrogens (primary N) is 1. The molecule has 3 nitrogen and oxygen atoms in total. The van der Waals surface area contributed by atoms with Gasteiger partial charge in [0.1, 0.15) is 17.3 Å². The summed E-state index contributed by atoms with van der Waals surface area (Å²) in [5.74, 6) is 1.72. The molecule has 3 heteroatoms. The second-order valence-electron chi connectivity index (χ2n) is 6.68. The van der Waals surface area contributed by atoms with E-state index in [9.17, 15) is 0 Å². The molecule has 0 aliphatic heterocycles. The smallest absolute Gasteiger partial charge is 0.131 e. The van der Waals surface area contributed by atoms with Crippen LogP contribution in [-0.4, -0.2) is 9.55 Å². The molecule has 0 atom stereocenters. The topological polar surface area (TPSA) is 43.8 Å². The number of hydrogen-bond acceptors (Lipinski definition) is 2. The summed E-state index contributed by atoms with van der Waals surface area (Å²) in [5, 5.41) is 0. The molecule has 0 bridgehead atoms. The van der Waals surface area contributed by atoms with Crippen LogP contribution in [-0.2, 0) is 5.41 Å². The quantitative estimate of drug-likeness (QED) is 0.884. The molecular weight excluding hydrogens is 246 g/mol. The third kappa shape index (κ3) is 2.58. The highest BCUT2D eigenvalue weighted by atomic mass is 15.2. The lowest BCUT2D eigenvalue weighted by Gasteiger charge is -2.19. The van der Waals surface area contributed by atoms with E-state index in [4.69, 9.17) is 5.73 Å². The monoisotopic (exact) mass is 271 g/mol. The summed E-state index contributed by atoms with van der Waals surface area (Å²) in [4.78, 5) is 4.63. The van der Waals surface area contributed by atoms with Gasteiger partial charge in [-0.1, -0.05) is 45.0 Å². The van der Waals surface area contributed by atoms with Crippen LogP contribution in [0.25, 0.3) is 11.3 Å². The minimum absolute atomic E-state index is 0.164. The average molecular weight is 271 g/mol. The fourth-order valence-electron chi connectivity index (χ4n) is 2.55. The van der Waals surface area contributed by atoms with Gasteiger partial charge in [0.05, 0.1) is 0 Å². The highest BCUT2D eigenvalue weighted by Gasteiger charge is 2.17. The molecule has 0 spiro atoms. The van der Waals surface area contributed by atoms with E-state index in [2.05, 4.69) is 68.4 Å². The van der Waals surface area contributed by atoms with E-state index in [0.717, 1.165) is 22.9 Å². The van der Waals surface area contributed by atoms with E-state index >= 15 is 0 Å². The molecule has 0 radical (unpaired) electrons. The first-order valence-electron chi connectivity index (χ1n) is 7.17. The zero-order valence-electron chi connectivity index (χ0n) is 13.4. The Hall–Kier alpha value is -1.77. The first-order valence-corrected chi connectivity index (χ1v) is 7.17. The lowest BCUT2D eigenvalue weighted by atomic mass is 9.86. The van der Waals surface area contributed by atoms with Gasteiger partial charge in [-0.2, -0.15) is 0 Å². The van der Waals surface area contributed by atoms with Crippen LogP contribution >= 0.6 is 0 Å². The first-order chi connectivity index (χ1) is 9.21. The van der Waals surface area contributed by atoms with Gasteiger partial charge in [-0.05, 0) is 31.7 Å². The minimum atomic E-state index is 0.164. The third-order valence-corrected chi connectivity index (χ3v) is 3.67. The maximum Gasteiger partial charge on any atom is 0.131 e. The Kier molecular flexibility index (Phi) is 3.63. The summed E-state index contributed by atoms with van der Waals surface area (Å²) < 4.78 is 2.08. The molecule has 1 aromatic heterocycles. The molecule has 0 aliphatic carbocycles. The summed E-state index contributed by atoms with van der Waals surface area (Å²) in [6.07, 6.45) is 0. The molecule has 2 rings (SSSR count). The van der Waals surface area contributed by atoms with E-state index in [1.165, 1.54) is 5.56 Å². The maximum absolute atomic E-state index is 6.26. The zero-order valence-corrected chi connectivity index (χ0v) is 13.4. The van der Waals surface area contributed by atoms with Crippen LogP contribution in [0.3, 0.4) is 0 Å². The minimum Gasteiger partial charge on any atom is -0.383 e. The fourth-order valence-corrected chi connectivity index (χ4v) is 2.55. The summed E-state index contributed by atoms with van der Waals surface area (Å²) in [6.45, 7) is 12.9. The lowest BCUT2D eigenvalue weighted by Crippen LogP contribution is -2.10. The lowest BCUT2D eigenvalue weighted by molar-refractivity contribution is 0.590. The van der Waals surface area contributed by atoms with Gasteiger partial charge in [0, 0.05) is 11.6 Å². The largest absolute Gasteiger partial charge is 0.383 e. The van der Waals surface area contributed by atoms with Crippen LogP contribution in [0.1, 0.15) is 52.0 Å². The molecule has 1 aromatic carbocycles. The Morgan fingerprint density at radius 1 is 1.10 bits per heavy atom. The Morgan fingerprint density at radius 2 is 1.65 bits per heavy atom. The van der Waals surface area contributed by atoms with Crippen molar-refractivity contribution in [2.24, 2.45) is 0 Å². The maximum atomic E-state index is 6.26. The summed E-state index contributed by atoms with van der Waals surface area (Å²) in [6, 6.07) is 8.88. The second-order valence-corrected chi connectivity index (χ2v) is 6.68. The average Bonchev–Trinajstić information content (AvgIpc) is 2.64. The molecular formula is C17H25N3. The van der Waals surface area contributed by atoms with Crippen molar-refractivity contribution in [3.63, 3.8) is 0 Å². The number of benzene rings is 1. The van der Waals surface area contributed by atoms with Crippen molar-refractivity contribution in [2.45, 2.75) is 53.0 Å². The van der Waals surface area contributed by atoms with E-state index in [1.54, 1.807) is 0 Å². The molecule has 0 fully saturated rings. The summed E-state index contributed by atoms with van der Waals surface area (Å²) in [7, 11) is 0. The Balaban J connectivity index is 2.45. The Bertz CT molecular complexity index is 598. The Morgan fingerprint density at radius 3 is 2.05 bits per heavy atom. The Labute approximate surface area is 121 Å². The van der Waals surface area contributed by atoms with Gasteiger partial charge in [0.25, 0.3) is 0 Å². The van der Waals surface area contributed by atoms with Gasteiger partial charge in [0.15, 0.2) is 0 Å². The summed E-state index contributed by atoms with van der Waals surface area (Å²) in [5.41, 5.74) is 9.71. The standard InChI is InChI=1S/C17H25N3/c1-11(2)20-12(3)19-15(16(20)18)13-7-9-14(10-8-13)17(4,5)6/h7-11H,18H2,1-6H3. The fraction of sp³-hybridized carbons (Fsp3) is 0.471. The number of hydrogen-bond donors (Lipinski definition) is 1. The van der Waals surface area contributed by atoms with E-state index < -0.39 is 0 Å². The third-order valence-electron chi connectivity index (χ3n) is 3.67. The zero-order chi connectivity index (χ0) is 15.1. The van der Waals surface area contributed by atoms with E-state index in [-0.39, 0.29) is 5.41 Å². The number of nitrogen functional groups attached to an aromatic ring is 1. The molecule has 0 amide bonds. The molecule has 0 aliphatic rings. The number of nitrogens with zero attached hydrogens (tertiary/aromatic N) is 2. The first kappa shape index (κ1) is 14.6. The predicted octanol–water partition coefficient (Wildman–Crippen LogP) is 4.32. The molecule has 0 saturated heterocycles. The molecule has 108 valence electrons. The van der Waals surface area contributed by atoms with Gasteiger partial charge in [-0.25, -0.2) is 4.98 Å². The highest BCUT2D eigenvalue weighted by molar-refractivity contribution is 5.71. The molecule has 0 saturated carbocycles. The van der Waals surface area contributed by atoms with Crippen LogP contribution < -0.4 is 5.73 Å².